The van der Waals surface area contributed by atoms with Crippen LogP contribution in [0, 0.1) is 0 Å². The first kappa shape index (κ1) is 16.7. The predicted octanol–water partition coefficient (Wildman–Crippen LogP) is 4.97. The van der Waals surface area contributed by atoms with Crippen LogP contribution in [0.5, 0.6) is 0 Å². The van der Waals surface area contributed by atoms with Crippen LogP contribution in [0.3, 0.4) is 0 Å². The van der Waals surface area contributed by atoms with Crippen molar-refractivity contribution in [2.24, 2.45) is 0 Å². The fraction of sp³-hybridized carbons (Fsp3) is 0.263. The van der Waals surface area contributed by atoms with E-state index in [1.807, 2.05) is 32.1 Å². The van der Waals surface area contributed by atoms with Gasteiger partial charge in [-0.1, -0.05) is 45.2 Å². The van der Waals surface area contributed by atoms with E-state index in [1.54, 1.807) is 6.08 Å². The summed E-state index contributed by atoms with van der Waals surface area (Å²) in [5, 5.41) is 4.83. The van der Waals surface area contributed by atoms with Crippen molar-refractivity contribution < 1.29 is 0 Å². The van der Waals surface area contributed by atoms with Gasteiger partial charge in [0.1, 0.15) is 0 Å². The summed E-state index contributed by atoms with van der Waals surface area (Å²) < 4.78 is 0. The van der Waals surface area contributed by atoms with E-state index >= 15 is 0 Å². The highest BCUT2D eigenvalue weighted by atomic mass is 32.1. The minimum atomic E-state index is 0.157. The van der Waals surface area contributed by atoms with E-state index in [0.29, 0.717) is 0 Å². The van der Waals surface area contributed by atoms with Gasteiger partial charge in [0.05, 0.1) is 6.04 Å². The largest absolute Gasteiger partial charge is 0.357 e. The van der Waals surface area contributed by atoms with Crippen molar-refractivity contribution in [2.75, 3.05) is 6.54 Å². The Balaban J connectivity index is 0.000000847. The first-order valence-electron chi connectivity index (χ1n) is 7.76. The molecule has 0 saturated carbocycles. The van der Waals surface area contributed by atoms with Gasteiger partial charge in [-0.3, -0.25) is 0 Å². The summed E-state index contributed by atoms with van der Waals surface area (Å²) in [6.45, 7) is 12.7. The third-order valence-corrected chi connectivity index (χ3v) is 4.09. The molecule has 1 aromatic carbocycles. The molecule has 0 spiro atoms. The highest BCUT2D eigenvalue weighted by Crippen LogP contribution is 2.34. The molecular formula is C19H24N2S. The lowest BCUT2D eigenvalue weighted by Gasteiger charge is -2.25. The number of H-pyrrole nitrogens is 1. The molecule has 3 heteroatoms. The van der Waals surface area contributed by atoms with Crippen LogP contribution in [-0.4, -0.2) is 11.5 Å². The van der Waals surface area contributed by atoms with Gasteiger partial charge < -0.3 is 10.3 Å². The smallest absolute Gasteiger partial charge is 0.0732 e. The van der Waals surface area contributed by atoms with E-state index in [0.717, 1.165) is 23.4 Å². The van der Waals surface area contributed by atoms with E-state index < -0.39 is 0 Å². The molecule has 0 amide bonds. The monoisotopic (exact) mass is 312 g/mol. The highest BCUT2D eigenvalue weighted by Gasteiger charge is 2.25. The van der Waals surface area contributed by atoms with Crippen molar-refractivity contribution in [3.63, 3.8) is 0 Å². The topological polar surface area (TPSA) is 27.8 Å². The predicted molar refractivity (Wildman–Crippen MR) is 99.8 cm³/mol. The third-order valence-electron chi connectivity index (χ3n) is 3.81. The summed E-state index contributed by atoms with van der Waals surface area (Å²) in [6, 6.07) is 6.41. The Labute approximate surface area is 138 Å². The normalized spacial score (nSPS) is 17.4. The number of hydrogen-bond donors (Lipinski definition) is 3. The zero-order valence-electron chi connectivity index (χ0n) is 13.3. The lowest BCUT2D eigenvalue weighted by atomic mass is 9.94. The zero-order chi connectivity index (χ0) is 16.1. The van der Waals surface area contributed by atoms with Crippen molar-refractivity contribution in [1.82, 2.24) is 10.3 Å². The van der Waals surface area contributed by atoms with Crippen molar-refractivity contribution in [1.29, 1.82) is 0 Å². The molecule has 2 heterocycles. The summed E-state index contributed by atoms with van der Waals surface area (Å²) >= 11 is 4.45. The first-order chi connectivity index (χ1) is 10.7. The van der Waals surface area contributed by atoms with Gasteiger partial charge in [0.2, 0.25) is 0 Å². The molecule has 1 unspecified atom stereocenters. The van der Waals surface area contributed by atoms with Crippen LogP contribution in [0.25, 0.3) is 10.9 Å². The molecule has 1 aliphatic rings. The summed E-state index contributed by atoms with van der Waals surface area (Å²) in [7, 11) is 0. The maximum Gasteiger partial charge on any atom is 0.0732 e. The van der Waals surface area contributed by atoms with Crippen LogP contribution in [0.2, 0.25) is 0 Å². The van der Waals surface area contributed by atoms with Gasteiger partial charge in [-0.05, 0) is 35.8 Å². The molecule has 0 aliphatic carbocycles. The van der Waals surface area contributed by atoms with Gasteiger partial charge in [-0.2, -0.15) is 0 Å². The number of fused-ring (bicyclic) bond motifs is 3. The second-order valence-electron chi connectivity index (χ2n) is 4.99. The SMILES string of the molecule is C=C/C=C(\C=C)C1NCCc2c1[nH]c1ccc(S)cc21.CC. The summed E-state index contributed by atoms with van der Waals surface area (Å²) in [5.74, 6) is 0. The lowest BCUT2D eigenvalue weighted by Crippen LogP contribution is -2.30. The fourth-order valence-corrected chi connectivity index (χ4v) is 3.12. The standard InChI is InChI=1S/C17H18N2S.C2H6/c1-3-5-11(4-2)16-17-13(8-9-18-16)14-10-12(20)6-7-15(14)19-17;1-2/h3-7,10,16,18-20H,1-2,8-9H2;1-2H3/b11-5+;. The second-order valence-corrected chi connectivity index (χ2v) is 5.51. The Morgan fingerprint density at radius 1 is 1.32 bits per heavy atom. The first-order valence-corrected chi connectivity index (χ1v) is 8.21. The number of nitrogens with one attached hydrogen (secondary N) is 2. The lowest BCUT2D eigenvalue weighted by molar-refractivity contribution is 0.559. The number of aromatic amines is 1. The molecule has 22 heavy (non-hydrogen) atoms. The van der Waals surface area contributed by atoms with Crippen LogP contribution in [0.1, 0.15) is 31.1 Å². The minimum absolute atomic E-state index is 0.157. The van der Waals surface area contributed by atoms with Crippen molar-refractivity contribution in [3.05, 3.63) is 66.4 Å². The number of benzene rings is 1. The molecule has 116 valence electrons. The quantitative estimate of drug-likeness (QED) is 0.542. The Hall–Kier alpha value is -1.71. The van der Waals surface area contributed by atoms with E-state index in [-0.39, 0.29) is 6.04 Å². The van der Waals surface area contributed by atoms with E-state index in [9.17, 15) is 0 Å². The maximum absolute atomic E-state index is 4.45. The molecule has 2 nitrogen and oxygen atoms in total. The molecular weight excluding hydrogens is 288 g/mol. The number of rotatable bonds is 3. The van der Waals surface area contributed by atoms with Crippen LogP contribution in [0.4, 0.5) is 0 Å². The third kappa shape index (κ3) is 3.06. The summed E-state index contributed by atoms with van der Waals surface area (Å²) in [4.78, 5) is 4.55. The van der Waals surface area contributed by atoms with E-state index in [1.165, 1.54) is 22.2 Å². The van der Waals surface area contributed by atoms with Crippen molar-refractivity contribution in [2.45, 2.75) is 31.2 Å². The molecule has 1 aliphatic heterocycles. The zero-order valence-corrected chi connectivity index (χ0v) is 14.2. The van der Waals surface area contributed by atoms with Crippen LogP contribution >= 0.6 is 12.6 Å². The Morgan fingerprint density at radius 2 is 2.09 bits per heavy atom. The van der Waals surface area contributed by atoms with Gasteiger partial charge in [-0.15, -0.1) is 12.6 Å². The molecule has 2 aromatic rings. The molecule has 0 radical (unpaired) electrons. The Bertz CT molecular complexity index is 710. The number of hydrogen-bond acceptors (Lipinski definition) is 2. The van der Waals surface area contributed by atoms with Gasteiger partial charge in [0.25, 0.3) is 0 Å². The Kier molecular flexibility index (Phi) is 5.69. The molecule has 1 aromatic heterocycles. The second kappa shape index (κ2) is 7.52. The number of aromatic nitrogens is 1. The highest BCUT2D eigenvalue weighted by molar-refractivity contribution is 7.80. The fourth-order valence-electron chi connectivity index (χ4n) is 2.92. The van der Waals surface area contributed by atoms with Crippen LogP contribution in [-0.2, 0) is 6.42 Å². The minimum Gasteiger partial charge on any atom is -0.357 e. The van der Waals surface area contributed by atoms with Crippen molar-refractivity contribution >= 4 is 23.5 Å². The van der Waals surface area contributed by atoms with Crippen molar-refractivity contribution in [3.8, 4) is 0 Å². The van der Waals surface area contributed by atoms with Crippen LogP contribution < -0.4 is 5.32 Å². The molecule has 0 saturated heterocycles. The molecule has 2 N–H and O–H groups in total. The van der Waals surface area contributed by atoms with E-state index in [2.05, 4.69) is 48.2 Å². The number of allylic oxidation sites excluding steroid dienone is 2. The molecule has 0 bridgehead atoms. The summed E-state index contributed by atoms with van der Waals surface area (Å²) in [6.07, 6.45) is 6.74. The van der Waals surface area contributed by atoms with Gasteiger partial charge in [0.15, 0.2) is 0 Å². The average molecular weight is 312 g/mol. The van der Waals surface area contributed by atoms with Gasteiger partial charge in [0, 0.05) is 28.0 Å². The van der Waals surface area contributed by atoms with Gasteiger partial charge in [-0.25, -0.2) is 0 Å². The van der Waals surface area contributed by atoms with Gasteiger partial charge >= 0.3 is 0 Å². The molecule has 0 fully saturated rings. The molecule has 1 atom stereocenters. The average Bonchev–Trinajstić information content (AvgIpc) is 2.92. The summed E-state index contributed by atoms with van der Waals surface area (Å²) in [5.41, 5.74) is 4.93. The number of thiol groups is 1. The maximum atomic E-state index is 4.45. The Morgan fingerprint density at radius 3 is 2.77 bits per heavy atom. The van der Waals surface area contributed by atoms with E-state index in [4.69, 9.17) is 0 Å². The molecule has 3 rings (SSSR count). The van der Waals surface area contributed by atoms with Crippen LogP contribution in [0.15, 0.2) is 60.1 Å².